The van der Waals surface area contributed by atoms with Crippen LogP contribution in [0, 0.1) is 0 Å². The number of hydrazine groups is 1. The highest BCUT2D eigenvalue weighted by atomic mass is 16.5. The molecular formula is C10H10N4O. The summed E-state index contributed by atoms with van der Waals surface area (Å²) in [5.41, 5.74) is 4.97. The van der Waals surface area contributed by atoms with Crippen molar-refractivity contribution in [3.63, 3.8) is 0 Å². The lowest BCUT2D eigenvalue weighted by Crippen LogP contribution is -2.19. The molecule has 1 aromatic carbocycles. The third-order valence-electron chi connectivity index (χ3n) is 2.73. The first kappa shape index (κ1) is 8.43. The number of hydrogen-bond donors (Lipinski definition) is 2. The molecule has 0 fully saturated rings. The largest absolute Gasteiger partial charge is 0.335 e. The van der Waals surface area contributed by atoms with Crippen LogP contribution in [0.4, 0.5) is 6.01 Å². The van der Waals surface area contributed by atoms with Gasteiger partial charge in [-0.05, 0) is 17.5 Å². The molecule has 1 unspecified atom stereocenters. The van der Waals surface area contributed by atoms with Gasteiger partial charge < -0.3 is 4.52 Å². The third-order valence-corrected chi connectivity index (χ3v) is 2.73. The highest BCUT2D eigenvalue weighted by Crippen LogP contribution is 2.38. The van der Waals surface area contributed by atoms with Gasteiger partial charge in [-0.25, -0.2) is 5.84 Å². The van der Waals surface area contributed by atoms with Crippen LogP contribution in [0.15, 0.2) is 28.8 Å². The lowest BCUT2D eigenvalue weighted by molar-refractivity contribution is 0.416. The van der Waals surface area contributed by atoms with E-state index < -0.39 is 0 Å². The molecule has 1 heterocycles. The molecule has 1 aromatic heterocycles. The maximum atomic E-state index is 5.17. The molecule has 2 aromatic rings. The molecule has 3 N–H and O–H groups in total. The molecule has 0 saturated carbocycles. The third kappa shape index (κ3) is 1.20. The van der Waals surface area contributed by atoms with Crippen LogP contribution >= 0.6 is 0 Å². The van der Waals surface area contributed by atoms with E-state index in [-0.39, 0.29) is 11.9 Å². The monoisotopic (exact) mass is 202 g/mol. The van der Waals surface area contributed by atoms with Gasteiger partial charge in [0.25, 0.3) is 0 Å². The molecule has 76 valence electrons. The minimum atomic E-state index is 0.257. The van der Waals surface area contributed by atoms with Crippen molar-refractivity contribution in [2.45, 2.75) is 12.3 Å². The summed E-state index contributed by atoms with van der Waals surface area (Å²) in [6.07, 6.45) is 0.972. The summed E-state index contributed by atoms with van der Waals surface area (Å²) in [4.78, 5) is 4.14. The average Bonchev–Trinajstić information content (AvgIpc) is 2.68. The first-order valence-corrected chi connectivity index (χ1v) is 4.76. The highest BCUT2D eigenvalue weighted by Gasteiger charge is 2.30. The van der Waals surface area contributed by atoms with Crippen LogP contribution in [0.1, 0.15) is 22.9 Å². The van der Waals surface area contributed by atoms with Crippen LogP contribution in [0.3, 0.4) is 0 Å². The van der Waals surface area contributed by atoms with E-state index in [0.29, 0.717) is 5.82 Å². The SMILES string of the molecule is NNc1nc(C2Cc3ccccc32)no1. The number of fused-ring (bicyclic) bond motifs is 1. The van der Waals surface area contributed by atoms with Gasteiger partial charge in [0, 0.05) is 0 Å². The van der Waals surface area contributed by atoms with Gasteiger partial charge in [0.15, 0.2) is 5.82 Å². The molecule has 0 saturated heterocycles. The highest BCUT2D eigenvalue weighted by molar-refractivity contribution is 5.44. The van der Waals surface area contributed by atoms with E-state index in [1.807, 2.05) is 12.1 Å². The van der Waals surface area contributed by atoms with Gasteiger partial charge in [-0.3, -0.25) is 5.43 Å². The molecule has 15 heavy (non-hydrogen) atoms. The summed E-state index contributed by atoms with van der Waals surface area (Å²) in [6.45, 7) is 0. The second kappa shape index (κ2) is 3.06. The van der Waals surface area contributed by atoms with Crippen molar-refractivity contribution in [1.29, 1.82) is 0 Å². The lowest BCUT2D eigenvalue weighted by Gasteiger charge is -2.26. The molecule has 0 spiro atoms. The number of nitrogens with one attached hydrogen (secondary N) is 1. The Morgan fingerprint density at radius 3 is 3.00 bits per heavy atom. The molecule has 1 aliphatic carbocycles. The zero-order valence-corrected chi connectivity index (χ0v) is 7.97. The van der Waals surface area contributed by atoms with Crippen LogP contribution in [0.2, 0.25) is 0 Å². The van der Waals surface area contributed by atoms with Crippen molar-refractivity contribution < 1.29 is 4.52 Å². The van der Waals surface area contributed by atoms with Crippen molar-refractivity contribution in [2.24, 2.45) is 5.84 Å². The molecule has 0 radical (unpaired) electrons. The Hall–Kier alpha value is -1.88. The normalized spacial score (nSPS) is 18.1. The van der Waals surface area contributed by atoms with Gasteiger partial charge in [-0.1, -0.05) is 29.4 Å². The fourth-order valence-electron chi connectivity index (χ4n) is 1.92. The van der Waals surface area contributed by atoms with Crippen LogP contribution in [-0.4, -0.2) is 10.1 Å². The Kier molecular flexibility index (Phi) is 1.72. The van der Waals surface area contributed by atoms with Gasteiger partial charge in [0.1, 0.15) is 0 Å². The summed E-state index contributed by atoms with van der Waals surface area (Å²) in [5.74, 6) is 6.12. The Morgan fingerprint density at radius 2 is 2.27 bits per heavy atom. The van der Waals surface area contributed by atoms with E-state index in [0.717, 1.165) is 6.42 Å². The Balaban J connectivity index is 1.93. The second-order valence-corrected chi connectivity index (χ2v) is 3.56. The zero-order chi connectivity index (χ0) is 10.3. The predicted molar refractivity (Wildman–Crippen MR) is 54.1 cm³/mol. The number of benzene rings is 1. The first-order chi connectivity index (χ1) is 7.38. The van der Waals surface area contributed by atoms with E-state index in [1.165, 1.54) is 11.1 Å². The molecule has 0 aliphatic heterocycles. The van der Waals surface area contributed by atoms with Gasteiger partial charge in [0.2, 0.25) is 0 Å². The summed E-state index contributed by atoms with van der Waals surface area (Å²) >= 11 is 0. The second-order valence-electron chi connectivity index (χ2n) is 3.56. The number of nitrogens with zero attached hydrogens (tertiary/aromatic N) is 2. The molecule has 5 heteroatoms. The van der Waals surface area contributed by atoms with Crippen LogP contribution in [-0.2, 0) is 6.42 Å². The molecular weight excluding hydrogens is 192 g/mol. The van der Waals surface area contributed by atoms with E-state index in [2.05, 4.69) is 27.7 Å². The summed E-state index contributed by atoms with van der Waals surface area (Å²) in [7, 11) is 0. The van der Waals surface area contributed by atoms with Gasteiger partial charge >= 0.3 is 6.01 Å². The average molecular weight is 202 g/mol. The van der Waals surface area contributed by atoms with Gasteiger partial charge in [-0.15, -0.1) is 0 Å². The molecule has 1 aliphatic rings. The van der Waals surface area contributed by atoms with Gasteiger partial charge in [-0.2, -0.15) is 4.98 Å². The van der Waals surface area contributed by atoms with Crippen LogP contribution in [0.25, 0.3) is 0 Å². The quantitative estimate of drug-likeness (QED) is 0.562. The number of anilines is 1. The zero-order valence-electron chi connectivity index (χ0n) is 7.97. The number of aromatic nitrogens is 2. The van der Waals surface area contributed by atoms with E-state index in [4.69, 9.17) is 10.4 Å². The Labute approximate surface area is 86.3 Å². The summed E-state index contributed by atoms with van der Waals surface area (Å²) < 4.78 is 4.89. The summed E-state index contributed by atoms with van der Waals surface area (Å²) in [6, 6.07) is 8.53. The molecule has 0 amide bonds. The summed E-state index contributed by atoms with van der Waals surface area (Å²) in [5, 5.41) is 3.88. The number of rotatable bonds is 2. The fourth-order valence-corrected chi connectivity index (χ4v) is 1.92. The van der Waals surface area contributed by atoms with Crippen molar-refractivity contribution in [3.05, 3.63) is 41.2 Å². The fraction of sp³-hybridized carbons (Fsp3) is 0.200. The predicted octanol–water partition coefficient (Wildman–Crippen LogP) is 1.04. The molecule has 3 rings (SSSR count). The van der Waals surface area contributed by atoms with Crippen molar-refractivity contribution in [2.75, 3.05) is 5.43 Å². The Bertz CT molecular complexity index is 494. The molecule has 1 atom stereocenters. The number of nitrogen functional groups attached to an aromatic ring is 1. The molecule has 0 bridgehead atoms. The van der Waals surface area contributed by atoms with Crippen molar-refractivity contribution in [3.8, 4) is 0 Å². The van der Waals surface area contributed by atoms with E-state index >= 15 is 0 Å². The minimum Gasteiger partial charge on any atom is -0.314 e. The smallest absolute Gasteiger partial charge is 0.314 e. The van der Waals surface area contributed by atoms with Crippen molar-refractivity contribution in [1.82, 2.24) is 10.1 Å². The maximum Gasteiger partial charge on any atom is 0.335 e. The van der Waals surface area contributed by atoms with E-state index in [9.17, 15) is 0 Å². The van der Waals surface area contributed by atoms with Gasteiger partial charge in [0.05, 0.1) is 5.92 Å². The van der Waals surface area contributed by atoms with Crippen LogP contribution in [0.5, 0.6) is 0 Å². The maximum absolute atomic E-state index is 5.17. The lowest BCUT2D eigenvalue weighted by atomic mass is 9.77. The standard InChI is InChI=1S/C10H10N4O/c11-13-10-12-9(14-15-10)8-5-6-3-1-2-4-7(6)8/h1-4,8H,5,11H2,(H,12,13,14). The molecule has 5 nitrogen and oxygen atoms in total. The number of hydrogen-bond acceptors (Lipinski definition) is 5. The van der Waals surface area contributed by atoms with Crippen LogP contribution < -0.4 is 11.3 Å². The number of nitrogens with two attached hydrogens (primary N) is 1. The van der Waals surface area contributed by atoms with E-state index in [1.54, 1.807) is 0 Å². The minimum absolute atomic E-state index is 0.257. The topological polar surface area (TPSA) is 77.0 Å². The van der Waals surface area contributed by atoms with Crippen molar-refractivity contribution >= 4 is 6.01 Å². The first-order valence-electron chi connectivity index (χ1n) is 4.76. The Morgan fingerprint density at radius 1 is 1.40 bits per heavy atom.